The van der Waals surface area contributed by atoms with E-state index in [-0.39, 0.29) is 17.5 Å². The summed E-state index contributed by atoms with van der Waals surface area (Å²) in [5.41, 5.74) is 7.18. The van der Waals surface area contributed by atoms with Crippen LogP contribution < -0.4 is 9.47 Å². The first-order chi connectivity index (χ1) is 15.6. The van der Waals surface area contributed by atoms with Gasteiger partial charge in [0.2, 0.25) is 0 Å². The Labute approximate surface area is 197 Å². The van der Waals surface area contributed by atoms with Gasteiger partial charge in [-0.05, 0) is 95.3 Å². The maximum Gasteiger partial charge on any atom is 0.170 e. The molecular formula is C30H34O3. The molecule has 2 aliphatic rings. The number of hydrogen-bond donors (Lipinski definition) is 0. The summed E-state index contributed by atoms with van der Waals surface area (Å²) >= 11 is 0. The third-order valence-electron chi connectivity index (χ3n) is 6.08. The van der Waals surface area contributed by atoms with Gasteiger partial charge in [0.15, 0.2) is 5.78 Å². The summed E-state index contributed by atoms with van der Waals surface area (Å²) < 4.78 is 12.6. The predicted octanol–water partition coefficient (Wildman–Crippen LogP) is 7.59. The fraction of sp³-hybridized carbons (Fsp3) is 0.367. The molecule has 0 fully saturated rings. The summed E-state index contributed by atoms with van der Waals surface area (Å²) in [4.78, 5) is 13.3. The lowest BCUT2D eigenvalue weighted by Gasteiger charge is -2.30. The number of hydrogen-bond acceptors (Lipinski definition) is 3. The van der Waals surface area contributed by atoms with Gasteiger partial charge in [-0.25, -0.2) is 0 Å². The second kappa shape index (κ2) is 9.05. The van der Waals surface area contributed by atoms with Crippen LogP contribution in [0.2, 0.25) is 0 Å². The van der Waals surface area contributed by atoms with Crippen molar-refractivity contribution in [1.82, 2.24) is 0 Å². The highest BCUT2D eigenvalue weighted by molar-refractivity contribution is 6.00. The minimum atomic E-state index is -0.312. The molecule has 3 heteroatoms. The quantitative estimate of drug-likeness (QED) is 0.447. The maximum atomic E-state index is 13.3. The Hall–Kier alpha value is -3.07. The maximum absolute atomic E-state index is 13.3. The van der Waals surface area contributed by atoms with Crippen LogP contribution in [0.1, 0.15) is 86.7 Å². The number of benzene rings is 2. The molecule has 33 heavy (non-hydrogen) atoms. The molecule has 1 unspecified atom stereocenters. The average molecular weight is 443 g/mol. The van der Waals surface area contributed by atoms with Crippen LogP contribution in [0.25, 0.3) is 6.08 Å². The molecule has 2 aromatic carbocycles. The average Bonchev–Trinajstić information content (AvgIpc) is 2.75. The van der Waals surface area contributed by atoms with Crippen molar-refractivity contribution in [1.29, 1.82) is 0 Å². The van der Waals surface area contributed by atoms with Crippen molar-refractivity contribution in [3.63, 3.8) is 0 Å². The summed E-state index contributed by atoms with van der Waals surface area (Å²) in [6.07, 6.45) is 10.2. The van der Waals surface area contributed by atoms with Crippen LogP contribution in [0, 0.1) is 0 Å². The lowest BCUT2D eigenvalue weighted by atomic mass is 9.90. The molecule has 0 saturated heterocycles. The molecule has 2 aliphatic heterocycles. The fourth-order valence-electron chi connectivity index (χ4n) is 4.25. The van der Waals surface area contributed by atoms with E-state index in [0.717, 1.165) is 46.6 Å². The molecule has 0 aliphatic carbocycles. The zero-order valence-corrected chi connectivity index (χ0v) is 20.6. The lowest BCUT2D eigenvalue weighted by Crippen LogP contribution is -2.27. The van der Waals surface area contributed by atoms with Crippen LogP contribution in [0.3, 0.4) is 0 Å². The Bertz CT molecular complexity index is 1170. The first-order valence-corrected chi connectivity index (χ1v) is 11.8. The van der Waals surface area contributed by atoms with Gasteiger partial charge < -0.3 is 9.47 Å². The van der Waals surface area contributed by atoms with Crippen molar-refractivity contribution < 1.29 is 14.3 Å². The molecule has 172 valence electrons. The van der Waals surface area contributed by atoms with E-state index in [1.165, 1.54) is 11.1 Å². The molecule has 0 saturated carbocycles. The number of Topliss-reactive ketones (excluding diaryl/α,β-unsaturated/α-hetero) is 1. The van der Waals surface area contributed by atoms with Gasteiger partial charge in [0.1, 0.15) is 23.2 Å². The van der Waals surface area contributed by atoms with Crippen LogP contribution in [0.15, 0.2) is 59.7 Å². The second-order valence-electron chi connectivity index (χ2n) is 10.2. The summed E-state index contributed by atoms with van der Waals surface area (Å²) in [5, 5.41) is 0. The Balaban J connectivity index is 1.69. The van der Waals surface area contributed by atoms with Crippen molar-refractivity contribution in [2.75, 3.05) is 0 Å². The van der Waals surface area contributed by atoms with Crippen molar-refractivity contribution in [2.24, 2.45) is 0 Å². The van der Waals surface area contributed by atoms with Crippen LogP contribution in [-0.2, 0) is 12.8 Å². The van der Waals surface area contributed by atoms with Crippen molar-refractivity contribution in [2.45, 2.75) is 72.5 Å². The first-order valence-electron chi connectivity index (χ1n) is 11.8. The third-order valence-corrected chi connectivity index (χ3v) is 6.08. The van der Waals surface area contributed by atoms with E-state index >= 15 is 0 Å². The lowest BCUT2D eigenvalue weighted by molar-refractivity contribution is 0.0847. The Kier molecular flexibility index (Phi) is 6.34. The number of carbonyl (C=O) groups is 1. The highest BCUT2D eigenvalue weighted by atomic mass is 16.5. The van der Waals surface area contributed by atoms with E-state index < -0.39 is 0 Å². The normalized spacial score (nSPS) is 17.9. The highest BCUT2D eigenvalue weighted by Gasteiger charge is 2.31. The molecule has 0 radical (unpaired) electrons. The van der Waals surface area contributed by atoms with E-state index in [1.807, 2.05) is 32.0 Å². The fourth-order valence-corrected chi connectivity index (χ4v) is 4.25. The number of allylic oxidation sites excluding steroid dienone is 4. The molecule has 1 atom stereocenters. The van der Waals surface area contributed by atoms with Gasteiger partial charge in [-0.2, -0.15) is 0 Å². The number of ketones is 1. The van der Waals surface area contributed by atoms with E-state index in [0.29, 0.717) is 12.0 Å². The standard InChI is InChI=1S/C30H34O3/c1-19(2)7-9-21-15-24(10-8-20(3)4)29-25(16-21)26(31)18-28(32-29)22-11-12-27-23(17-22)13-14-30(5,6)33-27/h7-8,11-17,28H,9-10,18H2,1-6H3. The summed E-state index contributed by atoms with van der Waals surface area (Å²) in [6, 6.07) is 10.3. The van der Waals surface area contributed by atoms with E-state index in [9.17, 15) is 4.79 Å². The summed E-state index contributed by atoms with van der Waals surface area (Å²) in [5.74, 6) is 1.74. The number of fused-ring (bicyclic) bond motifs is 2. The molecular weight excluding hydrogens is 408 g/mol. The van der Waals surface area contributed by atoms with Gasteiger partial charge in [0.25, 0.3) is 0 Å². The van der Waals surface area contributed by atoms with Gasteiger partial charge in [0.05, 0.1) is 12.0 Å². The van der Waals surface area contributed by atoms with Gasteiger partial charge in [-0.3, -0.25) is 4.79 Å². The largest absolute Gasteiger partial charge is 0.484 e. The van der Waals surface area contributed by atoms with Gasteiger partial charge in [0, 0.05) is 5.56 Å². The molecule has 0 bridgehead atoms. The van der Waals surface area contributed by atoms with Crippen molar-refractivity contribution in [3.05, 3.63) is 87.5 Å². The second-order valence-corrected chi connectivity index (χ2v) is 10.2. The van der Waals surface area contributed by atoms with Crippen LogP contribution in [-0.4, -0.2) is 11.4 Å². The summed E-state index contributed by atoms with van der Waals surface area (Å²) in [6.45, 7) is 12.5. The molecule has 3 nitrogen and oxygen atoms in total. The number of carbonyl (C=O) groups excluding carboxylic acids is 1. The highest BCUT2D eigenvalue weighted by Crippen LogP contribution is 2.40. The van der Waals surface area contributed by atoms with Gasteiger partial charge in [-0.1, -0.05) is 41.5 Å². The molecule has 0 spiro atoms. The smallest absolute Gasteiger partial charge is 0.170 e. The Morgan fingerprint density at radius 2 is 1.76 bits per heavy atom. The van der Waals surface area contributed by atoms with Crippen molar-refractivity contribution in [3.8, 4) is 11.5 Å². The van der Waals surface area contributed by atoms with Crippen LogP contribution >= 0.6 is 0 Å². The minimum Gasteiger partial charge on any atom is -0.484 e. The topological polar surface area (TPSA) is 35.5 Å². The molecule has 4 rings (SSSR count). The van der Waals surface area contributed by atoms with Gasteiger partial charge in [-0.15, -0.1) is 0 Å². The van der Waals surface area contributed by atoms with E-state index in [1.54, 1.807) is 0 Å². The monoisotopic (exact) mass is 442 g/mol. The van der Waals surface area contributed by atoms with Crippen molar-refractivity contribution >= 4 is 11.9 Å². The molecule has 2 heterocycles. The zero-order chi connectivity index (χ0) is 23.8. The van der Waals surface area contributed by atoms with E-state index in [2.05, 4.69) is 64.1 Å². The summed E-state index contributed by atoms with van der Waals surface area (Å²) in [7, 11) is 0. The first kappa shape index (κ1) is 23.1. The van der Waals surface area contributed by atoms with Gasteiger partial charge >= 0.3 is 0 Å². The molecule has 0 N–H and O–H groups in total. The predicted molar refractivity (Wildman–Crippen MR) is 135 cm³/mol. The number of ether oxygens (including phenoxy) is 2. The Morgan fingerprint density at radius 3 is 2.48 bits per heavy atom. The van der Waals surface area contributed by atoms with Crippen LogP contribution in [0.5, 0.6) is 11.5 Å². The van der Waals surface area contributed by atoms with E-state index in [4.69, 9.17) is 9.47 Å². The number of rotatable bonds is 5. The minimum absolute atomic E-state index is 0.143. The molecule has 2 aromatic rings. The molecule has 0 amide bonds. The van der Waals surface area contributed by atoms with Crippen LogP contribution in [0.4, 0.5) is 0 Å². The molecule has 0 aromatic heterocycles. The third kappa shape index (κ3) is 5.30. The zero-order valence-electron chi connectivity index (χ0n) is 20.6. The Morgan fingerprint density at radius 1 is 1.03 bits per heavy atom. The SMILES string of the molecule is CC(C)=CCc1cc(CC=C(C)C)c2c(c1)C(=O)CC(c1ccc3c(c1)C=CC(C)(C)O3)O2.